The van der Waals surface area contributed by atoms with E-state index in [1.54, 1.807) is 31.1 Å². The van der Waals surface area contributed by atoms with Crippen molar-refractivity contribution in [3.63, 3.8) is 0 Å². The highest BCUT2D eigenvalue weighted by atomic mass is 19.1. The zero-order chi connectivity index (χ0) is 13.8. The first-order chi connectivity index (χ1) is 9.13. The molecule has 19 heavy (non-hydrogen) atoms. The van der Waals surface area contributed by atoms with Crippen molar-refractivity contribution >= 4 is 5.91 Å². The molecule has 0 bridgehead atoms. The van der Waals surface area contributed by atoms with Gasteiger partial charge in [-0.05, 0) is 26.0 Å². The molecule has 0 aliphatic heterocycles. The van der Waals surface area contributed by atoms with E-state index in [2.05, 4.69) is 5.32 Å². The number of benzene rings is 1. The van der Waals surface area contributed by atoms with Gasteiger partial charge in [0.05, 0.1) is 0 Å². The molecule has 1 amide bonds. The summed E-state index contributed by atoms with van der Waals surface area (Å²) < 4.78 is 19.1. The second-order valence-corrected chi connectivity index (χ2v) is 4.78. The van der Waals surface area contributed by atoms with E-state index < -0.39 is 5.82 Å². The summed E-state index contributed by atoms with van der Waals surface area (Å²) in [5.74, 6) is -0.384. The Hall–Kier alpha value is -1.62. The SMILES string of the molecule is CNCc1cccc(F)c1OCC(=O)N(C)C1CC1. The number of carbonyl (C=O) groups excluding carboxylic acids is 1. The molecular weight excluding hydrogens is 247 g/mol. The van der Waals surface area contributed by atoms with Gasteiger partial charge >= 0.3 is 0 Å². The van der Waals surface area contributed by atoms with Crippen LogP contribution in [-0.2, 0) is 11.3 Å². The molecule has 1 N–H and O–H groups in total. The minimum Gasteiger partial charge on any atom is -0.480 e. The van der Waals surface area contributed by atoms with Crippen molar-refractivity contribution in [2.24, 2.45) is 0 Å². The fraction of sp³-hybridized carbons (Fsp3) is 0.500. The van der Waals surface area contributed by atoms with E-state index in [0.29, 0.717) is 18.2 Å². The van der Waals surface area contributed by atoms with Gasteiger partial charge in [0.1, 0.15) is 0 Å². The summed E-state index contributed by atoms with van der Waals surface area (Å²) in [6, 6.07) is 5.09. The van der Waals surface area contributed by atoms with Crippen molar-refractivity contribution < 1.29 is 13.9 Å². The van der Waals surface area contributed by atoms with Crippen molar-refractivity contribution in [3.8, 4) is 5.75 Å². The quantitative estimate of drug-likeness (QED) is 0.849. The number of carbonyl (C=O) groups is 1. The first kappa shape index (κ1) is 13.8. The van der Waals surface area contributed by atoms with Crippen LogP contribution in [0.3, 0.4) is 0 Å². The molecule has 1 aromatic rings. The molecule has 5 heteroatoms. The number of rotatable bonds is 6. The van der Waals surface area contributed by atoms with Crippen molar-refractivity contribution in [3.05, 3.63) is 29.6 Å². The number of nitrogens with one attached hydrogen (secondary N) is 1. The second kappa shape index (κ2) is 6.02. The molecule has 1 aliphatic rings. The summed E-state index contributed by atoms with van der Waals surface area (Å²) in [4.78, 5) is 13.5. The van der Waals surface area contributed by atoms with Crippen molar-refractivity contribution in [1.82, 2.24) is 10.2 Å². The molecule has 4 nitrogen and oxygen atoms in total. The molecule has 0 saturated heterocycles. The van der Waals surface area contributed by atoms with Crippen molar-refractivity contribution in [2.75, 3.05) is 20.7 Å². The van der Waals surface area contributed by atoms with Gasteiger partial charge < -0.3 is 15.0 Å². The van der Waals surface area contributed by atoms with Gasteiger partial charge in [0.15, 0.2) is 18.2 Å². The van der Waals surface area contributed by atoms with Crippen LogP contribution in [0.15, 0.2) is 18.2 Å². The number of hydrogen-bond acceptors (Lipinski definition) is 3. The van der Waals surface area contributed by atoms with Crippen LogP contribution >= 0.6 is 0 Å². The van der Waals surface area contributed by atoms with Gasteiger partial charge in [-0.25, -0.2) is 4.39 Å². The number of para-hydroxylation sites is 1. The lowest BCUT2D eigenvalue weighted by Crippen LogP contribution is -2.33. The molecule has 104 valence electrons. The van der Waals surface area contributed by atoms with E-state index >= 15 is 0 Å². The second-order valence-electron chi connectivity index (χ2n) is 4.78. The van der Waals surface area contributed by atoms with Crippen LogP contribution in [-0.4, -0.2) is 37.6 Å². The molecular formula is C14H19FN2O2. The van der Waals surface area contributed by atoms with Gasteiger partial charge in [-0.1, -0.05) is 12.1 Å². The van der Waals surface area contributed by atoms with Crippen molar-refractivity contribution in [1.29, 1.82) is 0 Å². The van der Waals surface area contributed by atoms with Crippen molar-refractivity contribution in [2.45, 2.75) is 25.4 Å². The Labute approximate surface area is 112 Å². The smallest absolute Gasteiger partial charge is 0.260 e. The predicted octanol–water partition coefficient (Wildman–Crippen LogP) is 1.54. The van der Waals surface area contributed by atoms with Crippen LogP contribution in [0.5, 0.6) is 5.75 Å². The van der Waals surface area contributed by atoms with E-state index in [9.17, 15) is 9.18 Å². The maximum Gasteiger partial charge on any atom is 0.260 e. The van der Waals surface area contributed by atoms with Crippen LogP contribution in [0.25, 0.3) is 0 Å². The Bertz CT molecular complexity index is 461. The Morgan fingerprint density at radius 2 is 2.26 bits per heavy atom. The average molecular weight is 266 g/mol. The van der Waals surface area contributed by atoms with E-state index in [0.717, 1.165) is 12.8 Å². The van der Waals surface area contributed by atoms with Crippen LogP contribution in [0.4, 0.5) is 4.39 Å². The van der Waals surface area contributed by atoms with E-state index in [-0.39, 0.29) is 18.3 Å². The van der Waals surface area contributed by atoms with E-state index in [1.807, 2.05) is 0 Å². The topological polar surface area (TPSA) is 41.6 Å². The van der Waals surface area contributed by atoms with E-state index in [4.69, 9.17) is 4.74 Å². The fourth-order valence-corrected chi connectivity index (χ4v) is 1.95. The third kappa shape index (κ3) is 3.44. The molecule has 0 radical (unpaired) electrons. The maximum atomic E-state index is 13.7. The standard InChI is InChI=1S/C14H19FN2O2/c1-16-8-10-4-3-5-12(15)14(10)19-9-13(18)17(2)11-6-7-11/h3-5,11,16H,6-9H2,1-2H3. The van der Waals surface area contributed by atoms with Gasteiger partial charge in [-0.2, -0.15) is 0 Å². The van der Waals surface area contributed by atoms with Gasteiger partial charge in [0, 0.05) is 25.2 Å². The fourth-order valence-electron chi connectivity index (χ4n) is 1.95. The summed E-state index contributed by atoms with van der Waals surface area (Å²) in [6.07, 6.45) is 2.10. The number of likely N-dealkylation sites (N-methyl/N-ethyl adjacent to an activating group) is 1. The third-order valence-corrected chi connectivity index (χ3v) is 3.24. The van der Waals surface area contributed by atoms with Gasteiger partial charge in [0.2, 0.25) is 0 Å². The molecule has 2 rings (SSSR count). The molecule has 0 aromatic heterocycles. The van der Waals surface area contributed by atoms with Gasteiger partial charge in [-0.15, -0.1) is 0 Å². The number of amides is 1. The summed E-state index contributed by atoms with van der Waals surface area (Å²) in [5.41, 5.74) is 0.712. The maximum absolute atomic E-state index is 13.7. The summed E-state index contributed by atoms with van der Waals surface area (Å²) in [7, 11) is 3.54. The molecule has 0 spiro atoms. The minimum atomic E-state index is -0.436. The number of hydrogen-bond donors (Lipinski definition) is 1. The predicted molar refractivity (Wildman–Crippen MR) is 70.5 cm³/mol. The summed E-state index contributed by atoms with van der Waals surface area (Å²) in [6.45, 7) is 0.379. The highest BCUT2D eigenvalue weighted by Gasteiger charge is 2.29. The van der Waals surface area contributed by atoms with Gasteiger partial charge in [0.25, 0.3) is 5.91 Å². The zero-order valence-corrected chi connectivity index (χ0v) is 11.3. The normalized spacial score (nSPS) is 14.3. The average Bonchev–Trinajstić information content (AvgIpc) is 3.21. The molecule has 1 fully saturated rings. The number of ether oxygens (including phenoxy) is 1. The Balaban J connectivity index is 1.99. The number of nitrogens with zero attached hydrogens (tertiary/aromatic N) is 1. The van der Waals surface area contributed by atoms with Gasteiger partial charge in [-0.3, -0.25) is 4.79 Å². The van der Waals surface area contributed by atoms with Crippen LogP contribution in [0.1, 0.15) is 18.4 Å². The zero-order valence-electron chi connectivity index (χ0n) is 11.3. The lowest BCUT2D eigenvalue weighted by atomic mass is 10.2. The molecule has 1 saturated carbocycles. The highest BCUT2D eigenvalue weighted by molar-refractivity contribution is 5.78. The summed E-state index contributed by atoms with van der Waals surface area (Å²) >= 11 is 0. The molecule has 0 heterocycles. The third-order valence-electron chi connectivity index (χ3n) is 3.24. The lowest BCUT2D eigenvalue weighted by molar-refractivity contribution is -0.132. The molecule has 0 unspecified atom stereocenters. The minimum absolute atomic E-state index is 0.110. The first-order valence-electron chi connectivity index (χ1n) is 6.44. The lowest BCUT2D eigenvalue weighted by Gasteiger charge is -2.17. The monoisotopic (exact) mass is 266 g/mol. The van der Waals surface area contributed by atoms with E-state index in [1.165, 1.54) is 6.07 Å². The molecule has 1 aliphatic carbocycles. The Morgan fingerprint density at radius 1 is 1.53 bits per heavy atom. The summed E-state index contributed by atoms with van der Waals surface area (Å²) in [5, 5.41) is 2.95. The highest BCUT2D eigenvalue weighted by Crippen LogP contribution is 2.26. The largest absolute Gasteiger partial charge is 0.480 e. The molecule has 1 aromatic carbocycles. The van der Waals surface area contributed by atoms with Crippen LogP contribution in [0.2, 0.25) is 0 Å². The Morgan fingerprint density at radius 3 is 2.89 bits per heavy atom. The molecule has 0 atom stereocenters. The van der Waals surface area contributed by atoms with Crippen LogP contribution in [0, 0.1) is 5.82 Å². The van der Waals surface area contributed by atoms with Crippen LogP contribution < -0.4 is 10.1 Å². The first-order valence-corrected chi connectivity index (χ1v) is 6.44. The number of halogens is 1. The Kier molecular flexibility index (Phi) is 4.37.